The van der Waals surface area contributed by atoms with Crippen molar-refractivity contribution < 1.29 is 14.2 Å². The molecule has 4 heterocycles. The van der Waals surface area contributed by atoms with Crippen LogP contribution in [0.2, 0.25) is 0 Å². The van der Waals surface area contributed by atoms with Crippen LogP contribution in [0.5, 0.6) is 11.8 Å². The fraction of sp³-hybridized carbons (Fsp3) is 0.391. The Bertz CT molecular complexity index is 1340. The monoisotopic (exact) mass is 434 g/mol. The molecule has 3 aromatic heterocycles. The molecular weight excluding hydrogens is 411 g/mol. The lowest BCUT2D eigenvalue weighted by atomic mass is 9.74. The van der Waals surface area contributed by atoms with Gasteiger partial charge in [-0.3, -0.25) is 0 Å². The van der Waals surface area contributed by atoms with Gasteiger partial charge < -0.3 is 19.7 Å². The molecule has 9 heteroatoms. The first kappa shape index (κ1) is 19.4. The number of hydrogen-bond acceptors (Lipinski definition) is 7. The second-order valence-electron chi connectivity index (χ2n) is 8.72. The van der Waals surface area contributed by atoms with Crippen molar-refractivity contribution >= 4 is 27.8 Å². The molecule has 3 unspecified atom stereocenters. The van der Waals surface area contributed by atoms with E-state index < -0.39 is 0 Å². The lowest BCUT2D eigenvalue weighted by Crippen LogP contribution is -2.39. The molecule has 2 N–H and O–H groups in total. The summed E-state index contributed by atoms with van der Waals surface area (Å²) in [6.07, 6.45) is 4.39. The molecule has 164 valence electrons. The SMILES string of the molecule is CCc1cc(F)cc2c1[nH]c1nc(Oc3cnc(C)nc3)nc(N3CC4CC(O)C4C3)c12. The zero-order valence-electron chi connectivity index (χ0n) is 17.8. The highest BCUT2D eigenvalue weighted by Crippen LogP contribution is 2.44. The van der Waals surface area contributed by atoms with Crippen molar-refractivity contribution in [2.24, 2.45) is 11.8 Å². The summed E-state index contributed by atoms with van der Waals surface area (Å²) in [6.45, 7) is 5.30. The number of benzene rings is 1. The number of H-pyrrole nitrogens is 1. The van der Waals surface area contributed by atoms with Crippen LogP contribution in [0.15, 0.2) is 24.5 Å². The average molecular weight is 434 g/mol. The lowest BCUT2D eigenvalue weighted by Gasteiger charge is -2.34. The van der Waals surface area contributed by atoms with Crippen molar-refractivity contribution in [1.82, 2.24) is 24.9 Å². The third-order valence-electron chi connectivity index (χ3n) is 6.74. The second kappa shape index (κ2) is 7.09. The summed E-state index contributed by atoms with van der Waals surface area (Å²) in [7, 11) is 0. The maximum Gasteiger partial charge on any atom is 0.326 e. The Morgan fingerprint density at radius 3 is 2.75 bits per heavy atom. The summed E-state index contributed by atoms with van der Waals surface area (Å²) >= 11 is 0. The summed E-state index contributed by atoms with van der Waals surface area (Å²) in [5.41, 5.74) is 2.33. The van der Waals surface area contributed by atoms with Gasteiger partial charge in [-0.25, -0.2) is 14.4 Å². The molecule has 0 spiro atoms. The molecule has 1 aromatic carbocycles. The standard InChI is InChI=1S/C23H23FN6O2/c1-3-12-4-14(24)6-16-19-21(27-20(12)16)28-23(32-15-7-25-11(2)26-8-15)29-22(19)30-9-13-5-18(31)17(13)10-30/h4,6-8,13,17-18,31H,3,5,9-10H2,1-2H3,(H,27,28,29). The summed E-state index contributed by atoms with van der Waals surface area (Å²) in [6, 6.07) is 3.26. The minimum absolute atomic E-state index is 0.171. The number of ether oxygens (including phenoxy) is 1. The van der Waals surface area contributed by atoms with E-state index in [2.05, 4.69) is 24.8 Å². The van der Waals surface area contributed by atoms with Gasteiger partial charge in [0.2, 0.25) is 0 Å². The Morgan fingerprint density at radius 2 is 2.03 bits per heavy atom. The molecule has 4 aromatic rings. The maximum absolute atomic E-state index is 14.4. The number of halogens is 1. The van der Waals surface area contributed by atoms with Crippen LogP contribution in [0, 0.1) is 24.6 Å². The second-order valence-corrected chi connectivity index (χ2v) is 8.72. The Hall–Kier alpha value is -3.33. The van der Waals surface area contributed by atoms with Crippen molar-refractivity contribution in [3.63, 3.8) is 0 Å². The van der Waals surface area contributed by atoms with E-state index in [-0.39, 0.29) is 23.8 Å². The van der Waals surface area contributed by atoms with E-state index in [0.29, 0.717) is 41.9 Å². The maximum atomic E-state index is 14.4. The Kier molecular flexibility index (Phi) is 4.29. The quantitative estimate of drug-likeness (QED) is 0.507. The molecule has 1 saturated heterocycles. The summed E-state index contributed by atoms with van der Waals surface area (Å²) in [4.78, 5) is 23.2. The molecule has 2 aliphatic rings. The Balaban J connectivity index is 1.53. The van der Waals surface area contributed by atoms with E-state index in [1.165, 1.54) is 6.07 Å². The molecule has 1 aliphatic heterocycles. The van der Waals surface area contributed by atoms with E-state index >= 15 is 0 Å². The van der Waals surface area contributed by atoms with Crippen LogP contribution < -0.4 is 9.64 Å². The van der Waals surface area contributed by atoms with Gasteiger partial charge in [0.05, 0.1) is 29.4 Å². The molecule has 0 radical (unpaired) electrons. The van der Waals surface area contributed by atoms with Gasteiger partial charge in [-0.1, -0.05) is 6.92 Å². The minimum atomic E-state index is -0.282. The van der Waals surface area contributed by atoms with Gasteiger partial charge in [-0.15, -0.1) is 0 Å². The van der Waals surface area contributed by atoms with E-state index in [1.54, 1.807) is 25.4 Å². The van der Waals surface area contributed by atoms with Gasteiger partial charge in [0.15, 0.2) is 5.75 Å². The van der Waals surface area contributed by atoms with Crippen molar-refractivity contribution in [3.8, 4) is 11.8 Å². The molecule has 1 saturated carbocycles. The van der Waals surface area contributed by atoms with Gasteiger partial charge in [-0.2, -0.15) is 9.97 Å². The summed E-state index contributed by atoms with van der Waals surface area (Å²) in [5, 5.41) is 11.7. The van der Waals surface area contributed by atoms with Gasteiger partial charge in [0, 0.05) is 24.4 Å². The highest BCUT2D eigenvalue weighted by Gasteiger charge is 2.47. The predicted molar refractivity (Wildman–Crippen MR) is 117 cm³/mol. The third-order valence-corrected chi connectivity index (χ3v) is 6.74. The number of aromatic nitrogens is 5. The number of aromatic amines is 1. The highest BCUT2D eigenvalue weighted by molar-refractivity contribution is 6.12. The van der Waals surface area contributed by atoms with Gasteiger partial charge >= 0.3 is 6.01 Å². The molecule has 32 heavy (non-hydrogen) atoms. The fourth-order valence-electron chi connectivity index (χ4n) is 5.03. The molecule has 3 atom stereocenters. The number of aryl methyl sites for hydroxylation is 2. The van der Waals surface area contributed by atoms with Crippen LogP contribution in [-0.4, -0.2) is 49.2 Å². The third kappa shape index (κ3) is 2.99. The summed E-state index contributed by atoms with van der Waals surface area (Å²) in [5.74, 6) is 2.18. The van der Waals surface area contributed by atoms with Crippen LogP contribution in [-0.2, 0) is 6.42 Å². The number of rotatable bonds is 4. The normalized spacial score (nSPS) is 22.4. The molecule has 6 rings (SSSR count). The van der Waals surface area contributed by atoms with E-state index in [9.17, 15) is 9.50 Å². The van der Waals surface area contributed by atoms with Crippen LogP contribution in [0.4, 0.5) is 10.2 Å². The zero-order valence-corrected chi connectivity index (χ0v) is 17.8. The molecule has 0 amide bonds. The number of fused-ring (bicyclic) bond motifs is 4. The van der Waals surface area contributed by atoms with Crippen LogP contribution in [0.1, 0.15) is 24.7 Å². The van der Waals surface area contributed by atoms with Crippen molar-refractivity contribution in [2.45, 2.75) is 32.8 Å². The largest absolute Gasteiger partial charge is 0.421 e. The van der Waals surface area contributed by atoms with Crippen molar-refractivity contribution in [3.05, 3.63) is 41.7 Å². The fourth-order valence-corrected chi connectivity index (χ4v) is 5.03. The van der Waals surface area contributed by atoms with Crippen molar-refractivity contribution in [2.75, 3.05) is 18.0 Å². The number of nitrogens with zero attached hydrogens (tertiary/aromatic N) is 5. The lowest BCUT2D eigenvalue weighted by molar-refractivity contribution is -0.00398. The van der Waals surface area contributed by atoms with E-state index in [1.807, 2.05) is 6.92 Å². The van der Waals surface area contributed by atoms with Gasteiger partial charge in [-0.05, 0) is 43.4 Å². The molecule has 8 nitrogen and oxygen atoms in total. The Morgan fingerprint density at radius 1 is 1.22 bits per heavy atom. The smallest absolute Gasteiger partial charge is 0.326 e. The minimum Gasteiger partial charge on any atom is -0.421 e. The molecule has 2 fully saturated rings. The summed E-state index contributed by atoms with van der Waals surface area (Å²) < 4.78 is 20.3. The van der Waals surface area contributed by atoms with Crippen molar-refractivity contribution in [1.29, 1.82) is 0 Å². The van der Waals surface area contributed by atoms with Crippen LogP contribution in [0.25, 0.3) is 21.9 Å². The topological polar surface area (TPSA) is 100 Å². The molecule has 0 bridgehead atoms. The molecular formula is C23H23FN6O2. The van der Waals surface area contributed by atoms with E-state index in [0.717, 1.165) is 34.8 Å². The molecule has 1 aliphatic carbocycles. The number of aliphatic hydroxyl groups excluding tert-OH is 1. The zero-order chi connectivity index (χ0) is 22.0. The first-order valence-corrected chi connectivity index (χ1v) is 10.9. The number of aliphatic hydroxyl groups is 1. The van der Waals surface area contributed by atoms with Gasteiger partial charge in [0.25, 0.3) is 0 Å². The number of anilines is 1. The Labute approximate surface area is 183 Å². The first-order valence-electron chi connectivity index (χ1n) is 10.9. The highest BCUT2D eigenvalue weighted by atomic mass is 19.1. The van der Waals surface area contributed by atoms with E-state index in [4.69, 9.17) is 9.72 Å². The number of nitrogens with one attached hydrogen (secondary N) is 1. The van der Waals surface area contributed by atoms with Crippen LogP contribution >= 0.6 is 0 Å². The van der Waals surface area contributed by atoms with Crippen LogP contribution in [0.3, 0.4) is 0 Å². The predicted octanol–water partition coefficient (Wildman–Crippen LogP) is 3.52. The average Bonchev–Trinajstić information content (AvgIpc) is 3.31. The van der Waals surface area contributed by atoms with Gasteiger partial charge in [0.1, 0.15) is 23.1 Å². The number of hydrogen-bond donors (Lipinski definition) is 2. The first-order chi connectivity index (χ1) is 15.5.